The smallest absolute Gasteiger partial charge is 0.155 e. The fraction of sp³-hybridized carbons (Fsp3) is 0.842. The van der Waals surface area contributed by atoms with Crippen LogP contribution in [0.4, 0.5) is 4.39 Å². The number of hydrogen-bond acceptors (Lipinski definition) is 3. The van der Waals surface area contributed by atoms with Crippen LogP contribution in [-0.4, -0.2) is 34.4 Å². The zero-order valence-electron chi connectivity index (χ0n) is 13.9. The summed E-state index contributed by atoms with van der Waals surface area (Å²) in [5.74, 6) is 0.677. The third-order valence-corrected chi connectivity index (χ3v) is 7.99. The van der Waals surface area contributed by atoms with E-state index < -0.39 is 23.8 Å². The van der Waals surface area contributed by atoms with E-state index in [1.54, 1.807) is 6.08 Å². The third-order valence-electron chi connectivity index (χ3n) is 7.99. The number of ketones is 1. The van der Waals surface area contributed by atoms with Gasteiger partial charge in [-0.15, -0.1) is 0 Å². The first kappa shape index (κ1) is 15.8. The van der Waals surface area contributed by atoms with Crippen LogP contribution in [0.5, 0.6) is 0 Å². The lowest BCUT2D eigenvalue weighted by Gasteiger charge is -2.59. The van der Waals surface area contributed by atoms with Crippen LogP contribution < -0.4 is 0 Å². The van der Waals surface area contributed by atoms with Crippen LogP contribution >= 0.6 is 0 Å². The molecule has 0 unspecified atom stereocenters. The van der Waals surface area contributed by atoms with Crippen molar-refractivity contribution in [3.8, 4) is 0 Å². The monoisotopic (exact) mass is 322 g/mol. The van der Waals surface area contributed by atoms with Crippen molar-refractivity contribution in [1.29, 1.82) is 0 Å². The molecule has 9 atom stereocenters. The standard InChI is InChI=1S/C19H27FO3/c1-18-5-3-11(21)7-10(18)8-15(22)16-12(18)4-6-19(2)13(16)9-14(20)17(19)23/h3,5,10,12-17,22-23H,4,6-9H2,1-2H3/t10-,12+,13+,14-,15+,16-,17+,18+,19+/m1/s1. The topological polar surface area (TPSA) is 57.5 Å². The molecule has 0 spiro atoms. The highest BCUT2D eigenvalue weighted by Gasteiger charge is 2.64. The Kier molecular flexibility index (Phi) is 3.35. The van der Waals surface area contributed by atoms with Crippen LogP contribution in [0.1, 0.15) is 46.0 Å². The fourth-order valence-corrected chi connectivity index (χ4v) is 6.56. The molecule has 0 aromatic carbocycles. The van der Waals surface area contributed by atoms with Gasteiger partial charge in [-0.25, -0.2) is 4.39 Å². The van der Waals surface area contributed by atoms with Gasteiger partial charge in [-0.1, -0.05) is 19.9 Å². The maximum atomic E-state index is 14.2. The summed E-state index contributed by atoms with van der Waals surface area (Å²) >= 11 is 0. The fourth-order valence-electron chi connectivity index (χ4n) is 6.56. The number of halogens is 1. The Morgan fingerprint density at radius 3 is 2.70 bits per heavy atom. The van der Waals surface area contributed by atoms with Crippen molar-refractivity contribution in [2.24, 2.45) is 34.5 Å². The van der Waals surface area contributed by atoms with E-state index in [1.165, 1.54) is 0 Å². The van der Waals surface area contributed by atoms with Crippen LogP contribution in [0, 0.1) is 34.5 Å². The molecule has 2 N–H and O–H groups in total. The Balaban J connectivity index is 1.73. The Bertz CT molecular complexity index is 561. The molecule has 4 rings (SSSR count). The highest BCUT2D eigenvalue weighted by Crippen LogP contribution is 2.65. The van der Waals surface area contributed by atoms with Gasteiger partial charge in [0.1, 0.15) is 6.17 Å². The van der Waals surface area contributed by atoms with E-state index in [-0.39, 0.29) is 34.9 Å². The summed E-state index contributed by atoms with van der Waals surface area (Å²) < 4.78 is 14.2. The van der Waals surface area contributed by atoms with Gasteiger partial charge in [0.2, 0.25) is 0 Å². The van der Waals surface area contributed by atoms with Crippen LogP contribution in [-0.2, 0) is 4.79 Å². The third kappa shape index (κ3) is 1.97. The van der Waals surface area contributed by atoms with E-state index in [2.05, 4.69) is 13.0 Å². The minimum atomic E-state index is -1.18. The number of aliphatic hydroxyl groups is 2. The molecule has 0 aliphatic heterocycles. The summed E-state index contributed by atoms with van der Waals surface area (Å²) in [5.41, 5.74) is -0.503. The van der Waals surface area contributed by atoms with Crippen molar-refractivity contribution in [1.82, 2.24) is 0 Å². The number of rotatable bonds is 0. The average molecular weight is 322 g/mol. The average Bonchev–Trinajstić information content (AvgIpc) is 2.73. The first-order valence-electron chi connectivity index (χ1n) is 8.99. The molecule has 0 heterocycles. The Labute approximate surface area is 137 Å². The lowest BCUT2D eigenvalue weighted by atomic mass is 9.45. The lowest BCUT2D eigenvalue weighted by Crippen LogP contribution is -2.57. The summed E-state index contributed by atoms with van der Waals surface area (Å²) in [5, 5.41) is 21.2. The quantitative estimate of drug-likeness (QED) is 0.721. The molecular weight excluding hydrogens is 295 g/mol. The second-order valence-electron chi connectivity index (χ2n) is 8.90. The number of carbonyl (C=O) groups excluding carboxylic acids is 1. The minimum Gasteiger partial charge on any atom is -0.393 e. The van der Waals surface area contributed by atoms with E-state index in [9.17, 15) is 19.4 Å². The van der Waals surface area contributed by atoms with Gasteiger partial charge in [0, 0.05) is 6.42 Å². The SMILES string of the molecule is C[C@]12C=CC(=O)C[C@@H]1C[C@H](O)[C@@H]1[C@@H]2CC[C@]2(C)[C@@H](O)[C@H](F)C[C@@H]12. The van der Waals surface area contributed by atoms with Crippen molar-refractivity contribution in [2.45, 2.75) is 64.3 Å². The van der Waals surface area contributed by atoms with Gasteiger partial charge < -0.3 is 10.2 Å². The number of carbonyl (C=O) groups is 1. The van der Waals surface area contributed by atoms with E-state index >= 15 is 0 Å². The van der Waals surface area contributed by atoms with Gasteiger partial charge in [-0.2, -0.15) is 0 Å². The van der Waals surface area contributed by atoms with Crippen molar-refractivity contribution in [2.75, 3.05) is 0 Å². The Hall–Kier alpha value is -0.740. The predicted octanol–water partition coefficient (Wildman–Crippen LogP) is 2.65. The van der Waals surface area contributed by atoms with E-state index in [0.29, 0.717) is 19.3 Å². The summed E-state index contributed by atoms with van der Waals surface area (Å²) in [6.07, 6.45) is 4.39. The molecule has 3 fully saturated rings. The number of hydrogen-bond donors (Lipinski definition) is 2. The van der Waals surface area contributed by atoms with E-state index in [4.69, 9.17) is 0 Å². The van der Waals surface area contributed by atoms with Crippen LogP contribution in [0.15, 0.2) is 12.2 Å². The van der Waals surface area contributed by atoms with Crippen LogP contribution in [0.3, 0.4) is 0 Å². The minimum absolute atomic E-state index is 0.0308. The molecule has 0 amide bonds. The first-order chi connectivity index (χ1) is 10.8. The summed E-state index contributed by atoms with van der Waals surface area (Å²) in [6, 6.07) is 0. The Morgan fingerprint density at radius 1 is 1.22 bits per heavy atom. The molecule has 0 bridgehead atoms. The Morgan fingerprint density at radius 2 is 1.96 bits per heavy atom. The van der Waals surface area contributed by atoms with Crippen molar-refractivity contribution in [3.63, 3.8) is 0 Å². The van der Waals surface area contributed by atoms with Gasteiger partial charge in [0.25, 0.3) is 0 Å². The zero-order chi connectivity index (χ0) is 16.6. The molecular formula is C19H27FO3. The molecule has 4 aliphatic rings. The van der Waals surface area contributed by atoms with E-state index in [1.807, 2.05) is 6.92 Å². The summed E-state index contributed by atoms with van der Waals surface area (Å²) in [6.45, 7) is 4.21. The molecule has 0 aromatic rings. The number of aliphatic hydroxyl groups excluding tert-OH is 2. The molecule has 4 aliphatic carbocycles. The number of allylic oxidation sites excluding steroid dienone is 2. The zero-order valence-corrected chi connectivity index (χ0v) is 13.9. The normalized spacial score (nSPS) is 58.5. The van der Waals surface area contributed by atoms with Gasteiger partial charge in [-0.3, -0.25) is 4.79 Å². The summed E-state index contributed by atoms with van der Waals surface area (Å²) in [4.78, 5) is 11.8. The van der Waals surface area contributed by atoms with Crippen molar-refractivity contribution >= 4 is 5.78 Å². The molecule has 4 heteroatoms. The van der Waals surface area contributed by atoms with Crippen LogP contribution in [0.25, 0.3) is 0 Å². The van der Waals surface area contributed by atoms with E-state index in [0.717, 1.165) is 12.8 Å². The molecule has 128 valence electrons. The van der Waals surface area contributed by atoms with Crippen LogP contribution in [0.2, 0.25) is 0 Å². The first-order valence-corrected chi connectivity index (χ1v) is 8.99. The van der Waals surface area contributed by atoms with Gasteiger partial charge in [-0.05, 0) is 66.3 Å². The van der Waals surface area contributed by atoms with Crippen molar-refractivity contribution < 1.29 is 19.4 Å². The van der Waals surface area contributed by atoms with Gasteiger partial charge in [0.15, 0.2) is 5.78 Å². The lowest BCUT2D eigenvalue weighted by molar-refractivity contribution is -0.150. The largest absolute Gasteiger partial charge is 0.393 e. The van der Waals surface area contributed by atoms with Gasteiger partial charge >= 0.3 is 0 Å². The molecule has 3 saturated carbocycles. The number of fused-ring (bicyclic) bond motifs is 5. The molecule has 3 nitrogen and oxygen atoms in total. The highest BCUT2D eigenvalue weighted by molar-refractivity contribution is 5.91. The summed E-state index contributed by atoms with van der Waals surface area (Å²) in [7, 11) is 0. The second kappa shape index (κ2) is 4.89. The molecule has 0 aromatic heterocycles. The molecule has 23 heavy (non-hydrogen) atoms. The highest BCUT2D eigenvalue weighted by atomic mass is 19.1. The number of alkyl halides is 1. The maximum Gasteiger partial charge on any atom is 0.155 e. The molecule has 0 saturated heterocycles. The van der Waals surface area contributed by atoms with Crippen molar-refractivity contribution in [3.05, 3.63) is 12.2 Å². The maximum absolute atomic E-state index is 14.2. The second-order valence-corrected chi connectivity index (χ2v) is 8.90. The predicted molar refractivity (Wildman–Crippen MR) is 84.3 cm³/mol. The van der Waals surface area contributed by atoms with Gasteiger partial charge in [0.05, 0.1) is 12.2 Å². The molecule has 0 radical (unpaired) electrons.